The molecule has 0 saturated carbocycles. The van der Waals surface area contributed by atoms with Crippen molar-refractivity contribution in [1.29, 1.82) is 0 Å². The Bertz CT molecular complexity index is 386. The van der Waals surface area contributed by atoms with Gasteiger partial charge in [-0.15, -0.1) is 0 Å². The number of nitrogens with two attached hydrogens (primary N) is 1. The smallest absolute Gasteiger partial charge is 0.251 e. The summed E-state index contributed by atoms with van der Waals surface area (Å²) in [6.45, 7) is 4.27. The van der Waals surface area contributed by atoms with Gasteiger partial charge in [0.2, 0.25) is 0 Å². The molecule has 1 rings (SSSR count). The van der Waals surface area contributed by atoms with Crippen LogP contribution < -0.4 is 16.4 Å². The maximum atomic E-state index is 11.4. The molecule has 1 aromatic carbocycles. The molecule has 0 aliphatic rings. The van der Waals surface area contributed by atoms with Crippen molar-refractivity contribution in [3.05, 3.63) is 23.8 Å². The number of nitrogen functional groups attached to an aromatic ring is 1. The van der Waals surface area contributed by atoms with E-state index in [0.717, 1.165) is 18.5 Å². The van der Waals surface area contributed by atoms with E-state index in [9.17, 15) is 4.79 Å². The number of hydrogen-bond donors (Lipinski definition) is 3. The van der Waals surface area contributed by atoms with Gasteiger partial charge in [0.15, 0.2) is 0 Å². The average molecular weight is 235 g/mol. The molecule has 0 atom stereocenters. The Kier molecular flexibility index (Phi) is 4.82. The molecule has 4 heteroatoms. The van der Waals surface area contributed by atoms with E-state index in [2.05, 4.69) is 24.5 Å². The predicted octanol–water partition coefficient (Wildman–Crippen LogP) is 2.23. The van der Waals surface area contributed by atoms with Gasteiger partial charge in [0.1, 0.15) is 0 Å². The topological polar surface area (TPSA) is 67.2 Å². The Morgan fingerprint density at radius 2 is 2.00 bits per heavy atom. The normalized spacial score (nSPS) is 10.4. The van der Waals surface area contributed by atoms with Gasteiger partial charge in [0, 0.05) is 18.7 Å². The van der Waals surface area contributed by atoms with Crippen LogP contribution in [-0.4, -0.2) is 19.0 Å². The van der Waals surface area contributed by atoms with E-state index in [1.54, 1.807) is 19.2 Å². The van der Waals surface area contributed by atoms with E-state index in [0.29, 0.717) is 17.3 Å². The maximum Gasteiger partial charge on any atom is 0.251 e. The summed E-state index contributed by atoms with van der Waals surface area (Å²) in [5, 5.41) is 5.95. The molecule has 4 N–H and O–H groups in total. The number of benzene rings is 1. The van der Waals surface area contributed by atoms with Crippen LogP contribution in [-0.2, 0) is 0 Å². The number of amides is 1. The van der Waals surface area contributed by atoms with Crippen LogP contribution in [0.25, 0.3) is 0 Å². The van der Waals surface area contributed by atoms with Gasteiger partial charge in [-0.3, -0.25) is 4.79 Å². The first-order valence-corrected chi connectivity index (χ1v) is 6.00. The largest absolute Gasteiger partial charge is 0.397 e. The highest BCUT2D eigenvalue weighted by atomic mass is 16.1. The highest BCUT2D eigenvalue weighted by Crippen LogP contribution is 2.21. The predicted molar refractivity (Wildman–Crippen MR) is 72.2 cm³/mol. The lowest BCUT2D eigenvalue weighted by molar-refractivity contribution is 0.0963. The van der Waals surface area contributed by atoms with Gasteiger partial charge in [-0.05, 0) is 31.0 Å². The van der Waals surface area contributed by atoms with E-state index in [4.69, 9.17) is 5.73 Å². The minimum Gasteiger partial charge on any atom is -0.397 e. The summed E-state index contributed by atoms with van der Waals surface area (Å²) in [5.74, 6) is -0.120. The minimum atomic E-state index is -0.120. The van der Waals surface area contributed by atoms with Crippen LogP contribution in [0.3, 0.4) is 0 Å². The number of nitrogens with one attached hydrogen (secondary N) is 2. The fourth-order valence-corrected chi connectivity index (χ4v) is 1.69. The fourth-order valence-electron chi connectivity index (χ4n) is 1.69. The molecule has 0 unspecified atom stereocenters. The zero-order valence-corrected chi connectivity index (χ0v) is 10.7. The van der Waals surface area contributed by atoms with E-state index in [1.165, 1.54) is 0 Å². The van der Waals surface area contributed by atoms with E-state index in [1.807, 2.05) is 6.07 Å². The molecule has 0 aromatic heterocycles. The van der Waals surface area contributed by atoms with Gasteiger partial charge >= 0.3 is 0 Å². The van der Waals surface area contributed by atoms with Crippen LogP contribution in [0.5, 0.6) is 0 Å². The summed E-state index contributed by atoms with van der Waals surface area (Å²) in [5.41, 5.74) is 8.02. The standard InChI is InChI=1S/C13H21N3O/c1-4-10(5-2)16-12-7-6-9(8-11(12)14)13(17)15-3/h6-8,10,16H,4-5,14H2,1-3H3,(H,15,17). The molecule has 4 nitrogen and oxygen atoms in total. The van der Waals surface area contributed by atoms with Crippen molar-refractivity contribution < 1.29 is 4.79 Å². The van der Waals surface area contributed by atoms with E-state index < -0.39 is 0 Å². The molecule has 1 aromatic rings. The molecule has 0 aliphatic carbocycles. The number of carbonyl (C=O) groups is 1. The van der Waals surface area contributed by atoms with Crippen molar-refractivity contribution in [2.75, 3.05) is 18.1 Å². The van der Waals surface area contributed by atoms with Crippen LogP contribution in [0, 0.1) is 0 Å². The fraction of sp³-hybridized carbons (Fsp3) is 0.462. The second kappa shape index (κ2) is 6.13. The Labute approximate surface area is 103 Å². The summed E-state index contributed by atoms with van der Waals surface area (Å²) in [4.78, 5) is 11.4. The lowest BCUT2D eigenvalue weighted by Crippen LogP contribution is -2.20. The lowest BCUT2D eigenvalue weighted by atomic mass is 10.1. The van der Waals surface area contributed by atoms with E-state index >= 15 is 0 Å². The Hall–Kier alpha value is -1.71. The van der Waals surface area contributed by atoms with Crippen molar-refractivity contribution in [2.45, 2.75) is 32.7 Å². The lowest BCUT2D eigenvalue weighted by Gasteiger charge is -2.18. The van der Waals surface area contributed by atoms with Gasteiger partial charge in [0.25, 0.3) is 5.91 Å². The highest BCUT2D eigenvalue weighted by Gasteiger charge is 2.09. The first kappa shape index (κ1) is 13.4. The quantitative estimate of drug-likeness (QED) is 0.686. The third kappa shape index (κ3) is 3.37. The molecule has 17 heavy (non-hydrogen) atoms. The molecule has 0 spiro atoms. The van der Waals surface area contributed by atoms with Crippen LogP contribution >= 0.6 is 0 Å². The zero-order valence-electron chi connectivity index (χ0n) is 10.7. The summed E-state index contributed by atoms with van der Waals surface area (Å²) < 4.78 is 0. The Morgan fingerprint density at radius 1 is 1.35 bits per heavy atom. The number of carbonyl (C=O) groups excluding carboxylic acids is 1. The second-order valence-corrected chi connectivity index (χ2v) is 4.04. The first-order valence-electron chi connectivity index (χ1n) is 6.00. The maximum absolute atomic E-state index is 11.4. The van der Waals surface area contributed by atoms with Crippen LogP contribution in [0.2, 0.25) is 0 Å². The first-order chi connectivity index (χ1) is 8.12. The Morgan fingerprint density at radius 3 is 2.47 bits per heavy atom. The van der Waals surface area contributed by atoms with Crippen LogP contribution in [0.1, 0.15) is 37.0 Å². The van der Waals surface area contributed by atoms with Crippen molar-refractivity contribution in [3.63, 3.8) is 0 Å². The van der Waals surface area contributed by atoms with Crippen molar-refractivity contribution in [3.8, 4) is 0 Å². The third-order valence-corrected chi connectivity index (χ3v) is 2.89. The zero-order chi connectivity index (χ0) is 12.8. The summed E-state index contributed by atoms with van der Waals surface area (Å²) in [6.07, 6.45) is 2.10. The summed E-state index contributed by atoms with van der Waals surface area (Å²) in [6, 6.07) is 5.75. The van der Waals surface area contributed by atoms with Crippen LogP contribution in [0.4, 0.5) is 11.4 Å². The molecule has 0 fully saturated rings. The molecule has 0 bridgehead atoms. The average Bonchev–Trinajstić information content (AvgIpc) is 2.36. The molecule has 0 saturated heterocycles. The molecular formula is C13H21N3O. The van der Waals surface area contributed by atoms with Crippen molar-refractivity contribution in [1.82, 2.24) is 5.32 Å². The molecular weight excluding hydrogens is 214 g/mol. The summed E-state index contributed by atoms with van der Waals surface area (Å²) >= 11 is 0. The molecule has 0 aliphatic heterocycles. The van der Waals surface area contributed by atoms with Crippen LogP contribution in [0.15, 0.2) is 18.2 Å². The van der Waals surface area contributed by atoms with E-state index in [-0.39, 0.29) is 5.91 Å². The van der Waals surface area contributed by atoms with Crippen molar-refractivity contribution in [2.24, 2.45) is 0 Å². The van der Waals surface area contributed by atoms with Gasteiger partial charge in [0.05, 0.1) is 11.4 Å². The molecule has 0 heterocycles. The SMILES string of the molecule is CCC(CC)Nc1ccc(C(=O)NC)cc1N. The minimum absolute atomic E-state index is 0.120. The van der Waals surface area contributed by atoms with Crippen molar-refractivity contribution >= 4 is 17.3 Å². The molecule has 94 valence electrons. The van der Waals surface area contributed by atoms with Gasteiger partial charge in [-0.25, -0.2) is 0 Å². The molecule has 1 amide bonds. The monoisotopic (exact) mass is 235 g/mol. The highest BCUT2D eigenvalue weighted by molar-refractivity contribution is 5.95. The third-order valence-electron chi connectivity index (χ3n) is 2.89. The number of hydrogen-bond acceptors (Lipinski definition) is 3. The Balaban J connectivity index is 2.86. The number of anilines is 2. The summed E-state index contributed by atoms with van der Waals surface area (Å²) in [7, 11) is 1.61. The van der Waals surface area contributed by atoms with Gasteiger partial charge in [-0.2, -0.15) is 0 Å². The van der Waals surface area contributed by atoms with Gasteiger partial charge in [-0.1, -0.05) is 13.8 Å². The van der Waals surface area contributed by atoms with Gasteiger partial charge < -0.3 is 16.4 Å². The number of rotatable bonds is 5. The molecule has 0 radical (unpaired) electrons. The second-order valence-electron chi connectivity index (χ2n) is 4.04.